The van der Waals surface area contributed by atoms with E-state index in [9.17, 15) is 13.5 Å². The molecule has 2 aromatic carbocycles. The zero-order chi connectivity index (χ0) is 16.5. The van der Waals surface area contributed by atoms with Crippen molar-refractivity contribution in [3.63, 3.8) is 0 Å². The molecule has 0 aromatic heterocycles. The largest absolute Gasteiger partial charge is 0.392 e. The molecule has 1 fully saturated rings. The molecule has 3 nitrogen and oxygen atoms in total. The van der Waals surface area contributed by atoms with Crippen molar-refractivity contribution in [3.8, 4) is 0 Å². The highest BCUT2D eigenvalue weighted by molar-refractivity contribution is 7.92. The molecular weight excluding hydrogens is 308 g/mol. The fraction of sp³-hybridized carbons (Fsp3) is 0.368. The second kappa shape index (κ2) is 6.10. The van der Waals surface area contributed by atoms with Crippen LogP contribution in [0.2, 0.25) is 0 Å². The van der Waals surface area contributed by atoms with Gasteiger partial charge in [0, 0.05) is 5.92 Å². The average molecular weight is 330 g/mol. The lowest BCUT2D eigenvalue weighted by atomic mass is 9.74. The minimum Gasteiger partial charge on any atom is -0.392 e. The van der Waals surface area contributed by atoms with Crippen molar-refractivity contribution in [2.24, 2.45) is 0 Å². The van der Waals surface area contributed by atoms with Crippen LogP contribution in [0, 0.1) is 0 Å². The van der Waals surface area contributed by atoms with E-state index in [1.807, 2.05) is 36.4 Å². The molecule has 0 heterocycles. The topological polar surface area (TPSA) is 54.4 Å². The Balaban J connectivity index is 2.13. The van der Waals surface area contributed by atoms with Crippen LogP contribution in [0.3, 0.4) is 0 Å². The molecule has 0 radical (unpaired) electrons. The average Bonchev–Trinajstić information content (AvgIpc) is 2.56. The summed E-state index contributed by atoms with van der Waals surface area (Å²) < 4.78 is 25.6. The van der Waals surface area contributed by atoms with E-state index >= 15 is 0 Å². The molecule has 1 N–H and O–H groups in total. The summed E-state index contributed by atoms with van der Waals surface area (Å²) in [6.07, 6.45) is 1.27. The maximum absolute atomic E-state index is 13.3. The smallest absolute Gasteiger partial charge is 0.184 e. The standard InChI is InChI=1S/C19H22O3S/c1-19(23(21,22)16-11-6-3-7-12-16)14-8-13-17(20)18(19)15-9-4-2-5-10-15/h2-7,9-12,17-18,20H,8,13-14H2,1H3. The third-order valence-corrected chi connectivity index (χ3v) is 7.62. The van der Waals surface area contributed by atoms with Gasteiger partial charge in [0.15, 0.2) is 9.84 Å². The predicted molar refractivity (Wildman–Crippen MR) is 91.1 cm³/mol. The second-order valence-corrected chi connectivity index (χ2v) is 8.89. The molecule has 0 saturated heterocycles. The van der Waals surface area contributed by atoms with Gasteiger partial charge in [-0.1, -0.05) is 48.5 Å². The van der Waals surface area contributed by atoms with Gasteiger partial charge in [0.1, 0.15) is 0 Å². The Kier molecular flexibility index (Phi) is 4.30. The van der Waals surface area contributed by atoms with Crippen molar-refractivity contribution >= 4 is 9.84 Å². The molecule has 3 rings (SSSR count). The monoisotopic (exact) mass is 330 g/mol. The Morgan fingerprint density at radius 2 is 1.57 bits per heavy atom. The van der Waals surface area contributed by atoms with E-state index in [2.05, 4.69) is 0 Å². The van der Waals surface area contributed by atoms with Crippen LogP contribution < -0.4 is 0 Å². The molecule has 3 unspecified atom stereocenters. The number of sulfone groups is 1. The first kappa shape index (κ1) is 16.2. The van der Waals surface area contributed by atoms with Gasteiger partial charge in [-0.25, -0.2) is 8.42 Å². The van der Waals surface area contributed by atoms with E-state index in [1.165, 1.54) is 0 Å². The highest BCUT2D eigenvalue weighted by atomic mass is 32.2. The zero-order valence-electron chi connectivity index (χ0n) is 13.2. The summed E-state index contributed by atoms with van der Waals surface area (Å²) >= 11 is 0. The molecule has 0 aliphatic heterocycles. The van der Waals surface area contributed by atoms with E-state index in [-0.39, 0.29) is 0 Å². The number of aliphatic hydroxyl groups is 1. The van der Waals surface area contributed by atoms with Crippen LogP contribution in [0.4, 0.5) is 0 Å². The predicted octanol–water partition coefficient (Wildman–Crippen LogP) is 3.55. The summed E-state index contributed by atoms with van der Waals surface area (Å²) in [5, 5.41) is 10.6. The zero-order valence-corrected chi connectivity index (χ0v) is 14.0. The number of aliphatic hydroxyl groups excluding tert-OH is 1. The van der Waals surface area contributed by atoms with Crippen molar-refractivity contribution in [3.05, 3.63) is 66.2 Å². The van der Waals surface area contributed by atoms with Crippen LogP contribution in [0.1, 0.15) is 37.7 Å². The Morgan fingerprint density at radius 1 is 1.00 bits per heavy atom. The van der Waals surface area contributed by atoms with Crippen molar-refractivity contribution in [1.29, 1.82) is 0 Å². The van der Waals surface area contributed by atoms with Gasteiger partial charge in [0.25, 0.3) is 0 Å². The summed E-state index contributed by atoms with van der Waals surface area (Å²) in [6, 6.07) is 18.1. The van der Waals surface area contributed by atoms with E-state index in [4.69, 9.17) is 0 Å². The lowest BCUT2D eigenvalue weighted by Gasteiger charge is -2.43. The third-order valence-electron chi connectivity index (χ3n) is 5.04. The van der Waals surface area contributed by atoms with Gasteiger partial charge in [0.2, 0.25) is 0 Å². The van der Waals surface area contributed by atoms with Crippen LogP contribution in [-0.4, -0.2) is 24.4 Å². The molecule has 1 aliphatic carbocycles. The van der Waals surface area contributed by atoms with Crippen molar-refractivity contribution in [2.75, 3.05) is 0 Å². The summed E-state index contributed by atoms with van der Waals surface area (Å²) in [5.74, 6) is -0.414. The molecule has 23 heavy (non-hydrogen) atoms. The maximum atomic E-state index is 13.3. The molecular formula is C19H22O3S. The van der Waals surface area contributed by atoms with Crippen LogP contribution in [0.25, 0.3) is 0 Å². The fourth-order valence-corrected chi connectivity index (χ4v) is 5.89. The van der Waals surface area contributed by atoms with E-state index in [0.29, 0.717) is 24.2 Å². The lowest BCUT2D eigenvalue weighted by Crippen LogP contribution is -2.49. The lowest BCUT2D eigenvalue weighted by molar-refractivity contribution is 0.0867. The van der Waals surface area contributed by atoms with Gasteiger partial charge in [-0.3, -0.25) is 0 Å². The van der Waals surface area contributed by atoms with Crippen molar-refractivity contribution in [2.45, 2.75) is 47.9 Å². The molecule has 122 valence electrons. The van der Waals surface area contributed by atoms with E-state index in [1.54, 1.807) is 31.2 Å². The highest BCUT2D eigenvalue weighted by Crippen LogP contribution is 2.48. The molecule has 0 bridgehead atoms. The molecule has 3 atom stereocenters. The van der Waals surface area contributed by atoms with Crippen molar-refractivity contribution in [1.82, 2.24) is 0 Å². The fourth-order valence-electron chi connectivity index (χ4n) is 3.80. The maximum Gasteiger partial charge on any atom is 0.184 e. The highest BCUT2D eigenvalue weighted by Gasteiger charge is 2.51. The summed E-state index contributed by atoms with van der Waals surface area (Å²) in [7, 11) is -3.55. The molecule has 0 spiro atoms. The number of rotatable bonds is 3. The minimum absolute atomic E-state index is 0.331. The Hall–Kier alpha value is -1.65. The normalized spacial score (nSPS) is 28.4. The summed E-state index contributed by atoms with van der Waals surface area (Å²) in [4.78, 5) is 0.331. The Labute approximate surface area is 137 Å². The Morgan fingerprint density at radius 3 is 2.17 bits per heavy atom. The molecule has 0 amide bonds. The third kappa shape index (κ3) is 2.70. The number of hydrogen-bond donors (Lipinski definition) is 1. The van der Waals surface area contributed by atoms with E-state index in [0.717, 1.165) is 5.56 Å². The van der Waals surface area contributed by atoms with Gasteiger partial charge in [-0.05, 0) is 43.9 Å². The molecule has 1 saturated carbocycles. The van der Waals surface area contributed by atoms with Crippen LogP contribution >= 0.6 is 0 Å². The van der Waals surface area contributed by atoms with Gasteiger partial charge in [-0.15, -0.1) is 0 Å². The van der Waals surface area contributed by atoms with Crippen LogP contribution in [-0.2, 0) is 9.84 Å². The van der Waals surface area contributed by atoms with Crippen molar-refractivity contribution < 1.29 is 13.5 Å². The first-order valence-corrected chi connectivity index (χ1v) is 9.48. The van der Waals surface area contributed by atoms with Crippen LogP contribution in [0.15, 0.2) is 65.6 Å². The first-order chi connectivity index (χ1) is 11.0. The molecule has 4 heteroatoms. The number of benzene rings is 2. The minimum atomic E-state index is -3.55. The second-order valence-electron chi connectivity index (χ2n) is 6.48. The van der Waals surface area contributed by atoms with E-state index < -0.39 is 26.6 Å². The van der Waals surface area contributed by atoms with Gasteiger partial charge < -0.3 is 5.11 Å². The summed E-state index contributed by atoms with van der Waals surface area (Å²) in [6.45, 7) is 1.79. The van der Waals surface area contributed by atoms with Gasteiger partial charge in [-0.2, -0.15) is 0 Å². The quantitative estimate of drug-likeness (QED) is 0.936. The van der Waals surface area contributed by atoms with Crippen LogP contribution in [0.5, 0.6) is 0 Å². The molecule has 2 aromatic rings. The summed E-state index contributed by atoms with van der Waals surface area (Å²) in [5.41, 5.74) is 0.890. The first-order valence-electron chi connectivity index (χ1n) is 7.99. The van der Waals surface area contributed by atoms with Gasteiger partial charge >= 0.3 is 0 Å². The number of hydrogen-bond acceptors (Lipinski definition) is 3. The SMILES string of the molecule is CC1(S(=O)(=O)c2ccccc2)CCCC(O)C1c1ccccc1. The molecule has 1 aliphatic rings. The Bertz CT molecular complexity index is 756. The van der Waals surface area contributed by atoms with Gasteiger partial charge in [0.05, 0.1) is 15.7 Å².